The minimum absolute atomic E-state index is 0.442. The van der Waals surface area contributed by atoms with Crippen molar-refractivity contribution < 1.29 is 19.4 Å². The van der Waals surface area contributed by atoms with Crippen LogP contribution in [-0.4, -0.2) is 23.2 Å². The number of aliphatic hydroxyl groups is 1. The van der Waals surface area contributed by atoms with Crippen molar-refractivity contribution in [2.45, 2.75) is 19.1 Å². The topological polar surface area (TPSA) is 93.8 Å². The summed E-state index contributed by atoms with van der Waals surface area (Å²) in [4.78, 5) is 12.0. The van der Waals surface area contributed by atoms with Gasteiger partial charge in [0.25, 0.3) is 0 Å². The molecule has 6 nitrogen and oxygen atoms in total. The highest BCUT2D eigenvalue weighted by molar-refractivity contribution is 5.97. The van der Waals surface area contributed by atoms with E-state index in [1.807, 2.05) is 54.6 Å². The molecule has 1 amide bonds. The van der Waals surface area contributed by atoms with E-state index in [1.54, 1.807) is 24.3 Å². The smallest absolute Gasteiger partial charge is 0.246 e. The second kappa shape index (κ2) is 9.23. The molecule has 0 saturated heterocycles. The van der Waals surface area contributed by atoms with Gasteiger partial charge in [-0.2, -0.15) is 0 Å². The van der Waals surface area contributed by atoms with Crippen LogP contribution in [0, 0.1) is 0 Å². The summed E-state index contributed by atoms with van der Waals surface area (Å²) in [7, 11) is 0. The first-order valence-corrected chi connectivity index (χ1v) is 9.22. The monoisotopic (exact) mass is 392 g/mol. The van der Waals surface area contributed by atoms with Gasteiger partial charge in [0.1, 0.15) is 29.4 Å². The molecule has 0 aliphatic rings. The molecule has 0 unspecified atom stereocenters. The number of hydrogen-bond donors (Lipinski definition) is 3. The molecule has 0 spiro atoms. The van der Waals surface area contributed by atoms with Gasteiger partial charge in [0.2, 0.25) is 5.91 Å². The van der Waals surface area contributed by atoms with Gasteiger partial charge >= 0.3 is 0 Å². The van der Waals surface area contributed by atoms with Gasteiger partial charge in [-0.3, -0.25) is 4.79 Å². The van der Waals surface area contributed by atoms with Crippen LogP contribution in [0.2, 0.25) is 0 Å². The molecule has 3 aromatic carbocycles. The van der Waals surface area contributed by atoms with E-state index < -0.39 is 18.1 Å². The van der Waals surface area contributed by atoms with Crippen LogP contribution in [0.5, 0.6) is 17.2 Å². The zero-order chi connectivity index (χ0) is 20.7. The summed E-state index contributed by atoms with van der Waals surface area (Å²) in [6.07, 6.45) is 0. The molecule has 0 fully saturated rings. The Hall–Kier alpha value is -3.35. The normalized spacial score (nSPS) is 12.7. The maximum Gasteiger partial charge on any atom is 0.246 e. The van der Waals surface area contributed by atoms with E-state index in [0.29, 0.717) is 29.5 Å². The number of carbonyl (C=O) groups excluding carboxylic acids is 1. The molecular formula is C23H24N2O4. The summed E-state index contributed by atoms with van der Waals surface area (Å²) < 4.78 is 11.7. The lowest BCUT2D eigenvalue weighted by atomic mass is 10.0. The van der Waals surface area contributed by atoms with Crippen LogP contribution in [0.3, 0.4) is 0 Å². The third-order valence-electron chi connectivity index (χ3n) is 4.25. The summed E-state index contributed by atoms with van der Waals surface area (Å²) in [5.74, 6) is 1.50. The summed E-state index contributed by atoms with van der Waals surface area (Å²) in [6.45, 7) is 1.50. The van der Waals surface area contributed by atoms with E-state index in [2.05, 4.69) is 5.32 Å². The van der Waals surface area contributed by atoms with Crippen LogP contribution >= 0.6 is 0 Å². The maximum atomic E-state index is 12.0. The number of rotatable bonds is 8. The van der Waals surface area contributed by atoms with Crippen molar-refractivity contribution in [1.82, 2.24) is 0 Å². The van der Waals surface area contributed by atoms with Crippen molar-refractivity contribution >= 4 is 11.6 Å². The molecule has 0 bridgehead atoms. The molecular weight excluding hydrogens is 368 g/mol. The number of nitrogens with one attached hydrogen (secondary N) is 1. The van der Waals surface area contributed by atoms with E-state index in [1.165, 1.54) is 6.92 Å². The number of ether oxygens (including phenoxy) is 2. The predicted octanol–water partition coefficient (Wildman–Crippen LogP) is 3.71. The lowest BCUT2D eigenvalue weighted by Crippen LogP contribution is -2.51. The van der Waals surface area contributed by atoms with Crippen molar-refractivity contribution in [2.24, 2.45) is 5.73 Å². The van der Waals surface area contributed by atoms with Gasteiger partial charge in [0.15, 0.2) is 0 Å². The van der Waals surface area contributed by atoms with E-state index >= 15 is 0 Å². The Balaban J connectivity index is 1.59. The molecule has 0 heterocycles. The molecule has 3 aromatic rings. The third kappa shape index (κ3) is 5.81. The van der Waals surface area contributed by atoms with Gasteiger partial charge in [0, 0.05) is 11.8 Å². The van der Waals surface area contributed by atoms with Crippen molar-refractivity contribution in [3.05, 3.63) is 84.4 Å². The zero-order valence-corrected chi connectivity index (χ0v) is 16.2. The molecule has 29 heavy (non-hydrogen) atoms. The quantitative estimate of drug-likeness (QED) is 0.543. The van der Waals surface area contributed by atoms with E-state index in [4.69, 9.17) is 20.3 Å². The minimum Gasteiger partial charge on any atom is -0.489 e. The molecule has 0 radical (unpaired) electrons. The number of hydrogen-bond acceptors (Lipinski definition) is 5. The van der Waals surface area contributed by atoms with E-state index in [0.717, 1.165) is 5.56 Å². The Morgan fingerprint density at radius 1 is 0.966 bits per heavy atom. The van der Waals surface area contributed by atoms with Gasteiger partial charge in [-0.05, 0) is 48.9 Å². The summed E-state index contributed by atoms with van der Waals surface area (Å²) in [5, 5.41) is 11.8. The van der Waals surface area contributed by atoms with Crippen LogP contribution < -0.4 is 20.5 Å². The zero-order valence-electron chi connectivity index (χ0n) is 16.2. The van der Waals surface area contributed by atoms with Gasteiger partial charge in [0.05, 0.1) is 6.61 Å². The molecule has 0 aliphatic heterocycles. The van der Waals surface area contributed by atoms with Crippen LogP contribution in [0.4, 0.5) is 5.69 Å². The minimum atomic E-state index is -1.34. The molecule has 1 atom stereocenters. The highest BCUT2D eigenvalue weighted by atomic mass is 16.5. The van der Waals surface area contributed by atoms with Crippen LogP contribution in [0.15, 0.2) is 78.9 Å². The Kier molecular flexibility index (Phi) is 6.49. The second-order valence-electron chi connectivity index (χ2n) is 6.91. The molecule has 0 saturated carbocycles. The van der Waals surface area contributed by atoms with Crippen molar-refractivity contribution in [2.75, 3.05) is 11.9 Å². The lowest BCUT2D eigenvalue weighted by Gasteiger charge is -2.20. The fourth-order valence-electron chi connectivity index (χ4n) is 2.46. The molecule has 0 aromatic heterocycles. The van der Waals surface area contributed by atoms with Gasteiger partial charge < -0.3 is 25.6 Å². The summed E-state index contributed by atoms with van der Waals surface area (Å²) in [5.41, 5.74) is 6.03. The van der Waals surface area contributed by atoms with E-state index in [9.17, 15) is 4.79 Å². The number of benzene rings is 3. The van der Waals surface area contributed by atoms with E-state index in [-0.39, 0.29) is 0 Å². The van der Waals surface area contributed by atoms with Crippen molar-refractivity contribution in [3.63, 3.8) is 0 Å². The van der Waals surface area contributed by atoms with Crippen molar-refractivity contribution in [3.8, 4) is 17.2 Å². The maximum absolute atomic E-state index is 12.0. The number of anilines is 1. The van der Waals surface area contributed by atoms with Crippen LogP contribution in [0.25, 0.3) is 0 Å². The Morgan fingerprint density at radius 2 is 1.66 bits per heavy atom. The largest absolute Gasteiger partial charge is 0.489 e. The number of nitrogens with two attached hydrogens (primary N) is 1. The lowest BCUT2D eigenvalue weighted by molar-refractivity contribution is -0.121. The first-order chi connectivity index (χ1) is 14.0. The second-order valence-corrected chi connectivity index (χ2v) is 6.91. The van der Waals surface area contributed by atoms with Gasteiger partial charge in [-0.25, -0.2) is 0 Å². The fourth-order valence-corrected chi connectivity index (χ4v) is 2.46. The first-order valence-electron chi connectivity index (χ1n) is 9.22. The Labute approximate surface area is 169 Å². The van der Waals surface area contributed by atoms with Crippen molar-refractivity contribution in [1.29, 1.82) is 0 Å². The number of amides is 1. The molecule has 150 valence electrons. The average molecular weight is 392 g/mol. The van der Waals surface area contributed by atoms with Gasteiger partial charge in [-0.15, -0.1) is 0 Å². The highest BCUT2D eigenvalue weighted by Gasteiger charge is 2.27. The van der Waals surface area contributed by atoms with Crippen LogP contribution in [0.1, 0.15) is 12.5 Å². The van der Waals surface area contributed by atoms with Gasteiger partial charge in [-0.1, -0.05) is 36.4 Å². The fraction of sp³-hybridized carbons (Fsp3) is 0.174. The average Bonchev–Trinajstić information content (AvgIpc) is 2.74. The molecule has 0 aliphatic carbocycles. The summed E-state index contributed by atoms with van der Waals surface area (Å²) >= 11 is 0. The Morgan fingerprint density at radius 3 is 2.34 bits per heavy atom. The molecule has 6 heteroatoms. The molecule has 3 rings (SSSR count). The highest BCUT2D eigenvalue weighted by Crippen LogP contribution is 2.27. The first kappa shape index (κ1) is 20.4. The van der Waals surface area contributed by atoms with Crippen LogP contribution in [-0.2, 0) is 11.4 Å². The Bertz CT molecular complexity index is 941. The molecule has 4 N–H and O–H groups in total. The summed E-state index contributed by atoms with van der Waals surface area (Å²) in [6, 6.07) is 24.2. The number of carbonyl (C=O) groups is 1. The number of aliphatic hydroxyl groups excluding tert-OH is 1. The SMILES string of the molecule is C[C@](N)(CO)C(=O)Nc1ccc(Oc2cccc(OCc3ccccc3)c2)cc1. The third-order valence-corrected chi connectivity index (χ3v) is 4.25. The predicted molar refractivity (Wildman–Crippen MR) is 112 cm³/mol. The standard InChI is InChI=1S/C23H24N2O4/c1-23(24,16-26)22(27)25-18-10-12-19(13-11-18)29-21-9-5-8-20(14-21)28-15-17-6-3-2-4-7-17/h2-14,26H,15-16,24H2,1H3,(H,25,27)/t23-/m0/s1.